The Morgan fingerprint density at radius 3 is 2.40 bits per heavy atom. The van der Waals surface area contributed by atoms with Gasteiger partial charge in [-0.3, -0.25) is 9.69 Å². The number of likely N-dealkylation sites (tertiary alicyclic amines) is 1. The van der Waals surface area contributed by atoms with E-state index in [1.165, 1.54) is 37.1 Å². The Balaban J connectivity index is 1.27. The molecule has 2 fully saturated rings. The lowest BCUT2D eigenvalue weighted by molar-refractivity contribution is -0.123. The molecular formula is C33H48N4O3. The van der Waals surface area contributed by atoms with Gasteiger partial charge in [-0.25, -0.2) is 4.79 Å². The van der Waals surface area contributed by atoms with E-state index in [4.69, 9.17) is 4.74 Å². The first-order chi connectivity index (χ1) is 19.1. The van der Waals surface area contributed by atoms with E-state index in [0.717, 1.165) is 55.1 Å². The van der Waals surface area contributed by atoms with Crippen molar-refractivity contribution in [1.82, 2.24) is 14.7 Å². The standard InChI is InChI=1S/C33H48N4O3/c1-24-9-8-18-37(21-24)23-28-12-15-29(19-25(28)2)36(6)32(38)27-13-16-30(17-14-27)40-31-11-7-10-26(20-31)22-35(5)33(39)34(3)4/h7,10-12,15,19-20,24,27,30H,8-9,13-14,16-18,21-23H2,1-6H3/t24-,27?,30?/m1/s1. The predicted octanol–water partition coefficient (Wildman–Crippen LogP) is 5.94. The summed E-state index contributed by atoms with van der Waals surface area (Å²) in [6.07, 6.45) is 6.10. The molecule has 3 amide bonds. The summed E-state index contributed by atoms with van der Waals surface area (Å²) in [5.41, 5.74) is 4.63. The van der Waals surface area contributed by atoms with Gasteiger partial charge in [-0.05, 0) is 98.9 Å². The number of hydrogen-bond donors (Lipinski definition) is 0. The minimum atomic E-state index is -0.0301. The van der Waals surface area contributed by atoms with Crippen molar-refractivity contribution in [1.29, 1.82) is 0 Å². The van der Waals surface area contributed by atoms with Crippen LogP contribution in [0.5, 0.6) is 5.75 Å². The highest BCUT2D eigenvalue weighted by Crippen LogP contribution is 2.31. The van der Waals surface area contributed by atoms with Gasteiger partial charge in [0.05, 0.1) is 6.10 Å². The van der Waals surface area contributed by atoms with Crippen molar-refractivity contribution in [3.05, 3.63) is 59.2 Å². The molecule has 0 aromatic heterocycles. The van der Waals surface area contributed by atoms with E-state index < -0.39 is 0 Å². The molecule has 1 saturated carbocycles. The van der Waals surface area contributed by atoms with Crippen LogP contribution in [0.25, 0.3) is 0 Å². The van der Waals surface area contributed by atoms with Crippen LogP contribution in [-0.2, 0) is 17.9 Å². The summed E-state index contributed by atoms with van der Waals surface area (Å²) in [6, 6.07) is 14.4. The van der Waals surface area contributed by atoms with Crippen molar-refractivity contribution in [2.45, 2.75) is 71.6 Å². The molecule has 1 aliphatic heterocycles. The SMILES string of the molecule is Cc1cc(N(C)C(=O)C2CCC(Oc3cccc(CN(C)C(=O)N(C)C)c3)CC2)ccc1CN1CCC[C@@H](C)C1. The van der Waals surface area contributed by atoms with Crippen molar-refractivity contribution in [3.8, 4) is 5.75 Å². The fourth-order valence-electron chi connectivity index (χ4n) is 6.16. The monoisotopic (exact) mass is 548 g/mol. The van der Waals surface area contributed by atoms with Crippen LogP contribution in [0.4, 0.5) is 10.5 Å². The topological polar surface area (TPSA) is 56.3 Å². The molecule has 0 bridgehead atoms. The van der Waals surface area contributed by atoms with Crippen molar-refractivity contribution in [3.63, 3.8) is 0 Å². The van der Waals surface area contributed by atoms with Gasteiger partial charge in [-0.1, -0.05) is 25.1 Å². The first-order valence-corrected chi connectivity index (χ1v) is 14.9. The molecule has 0 radical (unpaired) electrons. The zero-order valence-electron chi connectivity index (χ0n) is 25.4. The van der Waals surface area contributed by atoms with Gasteiger partial charge in [0.15, 0.2) is 0 Å². The lowest BCUT2D eigenvalue weighted by Gasteiger charge is -2.32. The Bertz CT molecular complexity index is 1160. The van der Waals surface area contributed by atoms with Gasteiger partial charge >= 0.3 is 6.03 Å². The lowest BCUT2D eigenvalue weighted by Crippen LogP contribution is -2.37. The predicted molar refractivity (Wildman–Crippen MR) is 162 cm³/mol. The highest BCUT2D eigenvalue weighted by atomic mass is 16.5. The number of hydrogen-bond acceptors (Lipinski definition) is 4. The minimum absolute atomic E-state index is 0.0247. The lowest BCUT2D eigenvalue weighted by atomic mass is 9.86. The number of aryl methyl sites for hydroxylation is 1. The maximum atomic E-state index is 13.4. The largest absolute Gasteiger partial charge is 0.490 e. The molecule has 0 N–H and O–H groups in total. The maximum Gasteiger partial charge on any atom is 0.319 e. The molecule has 7 nitrogen and oxygen atoms in total. The number of benzene rings is 2. The van der Waals surface area contributed by atoms with Gasteiger partial charge in [-0.2, -0.15) is 0 Å². The number of nitrogens with zero attached hydrogens (tertiary/aromatic N) is 4. The molecule has 218 valence electrons. The smallest absolute Gasteiger partial charge is 0.319 e. The molecule has 0 unspecified atom stereocenters. The Morgan fingerprint density at radius 1 is 0.975 bits per heavy atom. The van der Waals surface area contributed by atoms with Gasteiger partial charge in [0.2, 0.25) is 5.91 Å². The second kappa shape index (κ2) is 13.5. The summed E-state index contributed by atoms with van der Waals surface area (Å²) >= 11 is 0. The van der Waals surface area contributed by atoms with E-state index in [1.54, 1.807) is 30.9 Å². The average molecular weight is 549 g/mol. The molecule has 2 aromatic carbocycles. The molecule has 1 heterocycles. The van der Waals surface area contributed by atoms with Crippen LogP contribution in [0, 0.1) is 18.8 Å². The average Bonchev–Trinajstić information content (AvgIpc) is 2.93. The third-order valence-corrected chi connectivity index (χ3v) is 8.53. The zero-order valence-corrected chi connectivity index (χ0v) is 25.4. The van der Waals surface area contributed by atoms with Gasteiger partial charge < -0.3 is 19.4 Å². The summed E-state index contributed by atoms with van der Waals surface area (Å²) in [5, 5.41) is 0. The fraction of sp³-hybridized carbons (Fsp3) is 0.576. The molecule has 2 aromatic rings. The summed E-state index contributed by atoms with van der Waals surface area (Å²) < 4.78 is 6.31. The summed E-state index contributed by atoms with van der Waals surface area (Å²) in [4.78, 5) is 33.3. The van der Waals surface area contributed by atoms with E-state index in [-0.39, 0.29) is 24.0 Å². The second-order valence-electron chi connectivity index (χ2n) is 12.3. The summed E-state index contributed by atoms with van der Waals surface area (Å²) in [6.45, 7) is 8.38. The van der Waals surface area contributed by atoms with Gasteiger partial charge in [-0.15, -0.1) is 0 Å². The molecular weight excluding hydrogens is 500 g/mol. The van der Waals surface area contributed by atoms with Crippen molar-refractivity contribution < 1.29 is 14.3 Å². The van der Waals surface area contributed by atoms with Crippen LogP contribution in [0.1, 0.15) is 62.1 Å². The summed E-state index contributed by atoms with van der Waals surface area (Å²) in [7, 11) is 7.23. The maximum absolute atomic E-state index is 13.4. The second-order valence-corrected chi connectivity index (χ2v) is 12.3. The Kier molecular flexibility index (Phi) is 10.1. The van der Waals surface area contributed by atoms with E-state index in [1.807, 2.05) is 36.2 Å². The summed E-state index contributed by atoms with van der Waals surface area (Å²) in [5.74, 6) is 1.82. The molecule has 1 saturated heterocycles. The number of carbonyl (C=O) groups is 2. The molecule has 1 atom stereocenters. The molecule has 7 heteroatoms. The first kappa shape index (κ1) is 29.9. The van der Waals surface area contributed by atoms with Crippen molar-refractivity contribution >= 4 is 17.6 Å². The van der Waals surface area contributed by atoms with Crippen molar-refractivity contribution in [2.24, 2.45) is 11.8 Å². The Labute approximate surface area is 241 Å². The number of urea groups is 1. The Morgan fingerprint density at radius 2 is 1.73 bits per heavy atom. The first-order valence-electron chi connectivity index (χ1n) is 14.9. The quantitative estimate of drug-likeness (QED) is 0.410. The normalized spacial score (nSPS) is 21.5. The van der Waals surface area contributed by atoms with E-state index >= 15 is 0 Å². The number of amides is 3. The van der Waals surface area contributed by atoms with Crippen LogP contribution < -0.4 is 9.64 Å². The molecule has 1 aliphatic carbocycles. The third kappa shape index (κ3) is 7.78. The van der Waals surface area contributed by atoms with Crippen LogP contribution in [0.15, 0.2) is 42.5 Å². The van der Waals surface area contributed by atoms with Gasteiger partial charge in [0.1, 0.15) is 5.75 Å². The van der Waals surface area contributed by atoms with E-state index in [0.29, 0.717) is 6.54 Å². The number of anilines is 1. The fourth-order valence-corrected chi connectivity index (χ4v) is 6.16. The molecule has 4 rings (SSSR count). The van der Waals surface area contributed by atoms with Crippen LogP contribution in [0.2, 0.25) is 0 Å². The molecule has 40 heavy (non-hydrogen) atoms. The minimum Gasteiger partial charge on any atom is -0.490 e. The number of ether oxygens (including phenoxy) is 1. The van der Waals surface area contributed by atoms with Gasteiger partial charge in [0, 0.05) is 59.4 Å². The number of rotatable bonds is 8. The van der Waals surface area contributed by atoms with E-state index in [9.17, 15) is 9.59 Å². The van der Waals surface area contributed by atoms with Crippen LogP contribution >= 0.6 is 0 Å². The zero-order chi connectivity index (χ0) is 28.8. The highest BCUT2D eigenvalue weighted by molar-refractivity contribution is 5.94. The number of piperidine rings is 1. The van der Waals surface area contributed by atoms with Crippen LogP contribution in [0.3, 0.4) is 0 Å². The highest BCUT2D eigenvalue weighted by Gasteiger charge is 2.30. The Hall–Kier alpha value is -3.06. The van der Waals surface area contributed by atoms with E-state index in [2.05, 4.69) is 36.9 Å². The van der Waals surface area contributed by atoms with Gasteiger partial charge in [0.25, 0.3) is 0 Å². The number of carbonyl (C=O) groups excluding carboxylic acids is 2. The van der Waals surface area contributed by atoms with Crippen LogP contribution in [-0.4, -0.2) is 74.0 Å². The third-order valence-electron chi connectivity index (χ3n) is 8.53. The van der Waals surface area contributed by atoms with Crippen molar-refractivity contribution in [2.75, 3.05) is 46.2 Å². The molecule has 0 spiro atoms. The molecule has 2 aliphatic rings.